The summed E-state index contributed by atoms with van der Waals surface area (Å²) in [5.74, 6) is 0.968. The van der Waals surface area contributed by atoms with Gasteiger partial charge in [0.1, 0.15) is 5.75 Å². The van der Waals surface area contributed by atoms with Crippen molar-refractivity contribution >= 4 is 11.5 Å². The smallest absolute Gasteiger partial charge is 0.255 e. The van der Waals surface area contributed by atoms with Gasteiger partial charge in [0.05, 0.1) is 24.5 Å². The highest BCUT2D eigenvalue weighted by Crippen LogP contribution is 2.22. The van der Waals surface area contributed by atoms with Gasteiger partial charge in [-0.25, -0.2) is 0 Å². The molecule has 2 atom stereocenters. The van der Waals surface area contributed by atoms with Crippen LogP contribution >= 0.6 is 0 Å². The molecule has 0 spiro atoms. The normalized spacial score (nSPS) is 13.6. The van der Waals surface area contributed by atoms with E-state index in [-0.39, 0.29) is 17.5 Å². The molecule has 1 amide bonds. The van der Waals surface area contributed by atoms with Gasteiger partial charge in [0, 0.05) is 0 Å². The lowest BCUT2D eigenvalue weighted by atomic mass is 10.0. The Morgan fingerprint density at radius 1 is 1.11 bits per heavy atom. The van der Waals surface area contributed by atoms with Gasteiger partial charge < -0.3 is 15.2 Å². The van der Waals surface area contributed by atoms with E-state index in [0.717, 1.165) is 36.8 Å². The number of amides is 1. The molecule has 0 fully saturated rings. The van der Waals surface area contributed by atoms with E-state index < -0.39 is 0 Å². The Bertz CT molecular complexity index is 753. The third kappa shape index (κ3) is 6.15. The fourth-order valence-electron chi connectivity index (χ4n) is 3.15. The highest BCUT2D eigenvalue weighted by molar-refractivity contribution is 6.19. The average Bonchev–Trinajstić information content (AvgIpc) is 2.73. The summed E-state index contributed by atoms with van der Waals surface area (Å²) < 4.78 is 5.81. The molecule has 0 aliphatic carbocycles. The molecule has 4 heteroatoms. The van der Waals surface area contributed by atoms with Crippen LogP contribution in [-0.2, 0) is 4.79 Å². The van der Waals surface area contributed by atoms with Crippen LogP contribution in [0.15, 0.2) is 60.9 Å². The first-order valence-electron chi connectivity index (χ1n) is 10.0. The van der Waals surface area contributed by atoms with Gasteiger partial charge in [0.15, 0.2) is 0 Å². The number of carbonyl (C=O) groups excluding carboxylic acids is 1. The molecule has 150 valence electrons. The second-order valence-electron chi connectivity index (χ2n) is 7.12. The minimum Gasteiger partial charge on any atom is -0.515 e. The number of aliphatic hydroxyl groups is 1. The number of rotatable bonds is 10. The van der Waals surface area contributed by atoms with E-state index in [2.05, 4.69) is 19.2 Å². The Balaban J connectivity index is 2.02. The minimum atomic E-state index is -0.302. The molecule has 4 nitrogen and oxygen atoms in total. The van der Waals surface area contributed by atoms with Gasteiger partial charge in [-0.3, -0.25) is 4.79 Å². The first kappa shape index (κ1) is 21.5. The lowest BCUT2D eigenvalue weighted by molar-refractivity contribution is -0.116. The van der Waals surface area contributed by atoms with Crippen LogP contribution in [0.1, 0.15) is 57.2 Å². The van der Waals surface area contributed by atoms with E-state index in [9.17, 15) is 9.90 Å². The van der Waals surface area contributed by atoms with E-state index in [1.165, 1.54) is 0 Å². The highest BCUT2D eigenvalue weighted by Gasteiger charge is 2.17. The van der Waals surface area contributed by atoms with E-state index >= 15 is 0 Å². The highest BCUT2D eigenvalue weighted by atomic mass is 16.5. The fourth-order valence-corrected chi connectivity index (χ4v) is 3.15. The van der Waals surface area contributed by atoms with Gasteiger partial charge in [0.25, 0.3) is 5.91 Å². The van der Waals surface area contributed by atoms with Crippen molar-refractivity contribution in [2.24, 2.45) is 5.92 Å². The van der Waals surface area contributed by atoms with E-state index in [0.29, 0.717) is 18.1 Å². The Labute approximate surface area is 168 Å². The zero-order valence-electron chi connectivity index (χ0n) is 17.0. The second kappa shape index (κ2) is 11.2. The molecule has 2 aromatic rings. The number of ether oxygens (including phenoxy) is 1. The summed E-state index contributed by atoms with van der Waals surface area (Å²) in [7, 11) is 0. The fraction of sp³-hybridized carbons (Fsp3) is 0.375. The molecule has 28 heavy (non-hydrogen) atoms. The lowest BCUT2D eigenvalue weighted by Crippen LogP contribution is -2.29. The van der Waals surface area contributed by atoms with Crippen molar-refractivity contribution in [1.82, 2.24) is 5.32 Å². The van der Waals surface area contributed by atoms with Crippen molar-refractivity contribution in [2.75, 3.05) is 6.61 Å². The van der Waals surface area contributed by atoms with E-state index in [1.54, 1.807) is 12.1 Å². The molecule has 0 radical (unpaired) electrons. The molecular weight excluding hydrogens is 350 g/mol. The Kier molecular flexibility index (Phi) is 8.60. The number of nitrogens with one attached hydrogen (secondary N) is 1. The van der Waals surface area contributed by atoms with Gasteiger partial charge >= 0.3 is 0 Å². The molecule has 0 aliphatic heterocycles. The topological polar surface area (TPSA) is 58.6 Å². The van der Waals surface area contributed by atoms with Crippen molar-refractivity contribution in [1.29, 1.82) is 0 Å². The Morgan fingerprint density at radius 3 is 2.36 bits per heavy atom. The van der Waals surface area contributed by atoms with Crippen LogP contribution in [0.5, 0.6) is 5.75 Å². The zero-order valence-corrected chi connectivity index (χ0v) is 17.0. The zero-order chi connectivity index (χ0) is 20.4. The quantitative estimate of drug-likeness (QED) is 0.412. The maximum atomic E-state index is 12.7. The molecule has 0 aliphatic rings. The summed E-state index contributed by atoms with van der Waals surface area (Å²) in [5, 5.41) is 12.7. The van der Waals surface area contributed by atoms with Crippen molar-refractivity contribution < 1.29 is 14.6 Å². The summed E-state index contributed by atoms with van der Waals surface area (Å²) in [6, 6.07) is 17.0. The van der Waals surface area contributed by atoms with Crippen molar-refractivity contribution in [3.05, 3.63) is 72.0 Å². The largest absolute Gasteiger partial charge is 0.515 e. The number of carbonyl (C=O) groups is 1. The SMILES string of the molecule is CCCC(C)COc1ccc(C(=CO)C(=O)NC(CC)c2ccccc2)cc1. The van der Waals surface area contributed by atoms with Crippen molar-refractivity contribution in [3.63, 3.8) is 0 Å². The van der Waals surface area contributed by atoms with Crippen molar-refractivity contribution in [2.45, 2.75) is 46.1 Å². The third-order valence-electron chi connectivity index (χ3n) is 4.77. The summed E-state index contributed by atoms with van der Waals surface area (Å²) in [6.07, 6.45) is 3.91. The predicted octanol–water partition coefficient (Wildman–Crippen LogP) is 5.67. The van der Waals surface area contributed by atoms with Crippen LogP contribution in [0, 0.1) is 5.92 Å². The number of hydrogen-bond acceptors (Lipinski definition) is 3. The maximum Gasteiger partial charge on any atom is 0.255 e. The van der Waals surface area contributed by atoms with Crippen LogP contribution < -0.4 is 10.1 Å². The molecule has 0 aromatic heterocycles. The summed E-state index contributed by atoms with van der Waals surface area (Å²) in [4.78, 5) is 12.7. The monoisotopic (exact) mass is 381 g/mol. The molecule has 2 rings (SSSR count). The Morgan fingerprint density at radius 2 is 1.79 bits per heavy atom. The second-order valence-corrected chi connectivity index (χ2v) is 7.12. The van der Waals surface area contributed by atoms with Crippen LogP contribution in [0.4, 0.5) is 0 Å². The summed E-state index contributed by atoms with van der Waals surface area (Å²) in [6.45, 7) is 7.03. The van der Waals surface area contributed by atoms with Gasteiger partial charge in [0.2, 0.25) is 0 Å². The molecule has 2 N–H and O–H groups in total. The molecule has 2 unspecified atom stereocenters. The van der Waals surface area contributed by atoms with Crippen LogP contribution in [0.25, 0.3) is 5.57 Å². The third-order valence-corrected chi connectivity index (χ3v) is 4.77. The maximum absolute atomic E-state index is 12.7. The predicted molar refractivity (Wildman–Crippen MR) is 114 cm³/mol. The van der Waals surface area contributed by atoms with Crippen LogP contribution in [0.3, 0.4) is 0 Å². The van der Waals surface area contributed by atoms with Gasteiger partial charge in [-0.1, -0.05) is 69.7 Å². The number of hydrogen-bond donors (Lipinski definition) is 2. The molecule has 0 heterocycles. The Hall–Kier alpha value is -2.75. The first-order valence-corrected chi connectivity index (χ1v) is 10.0. The standard InChI is InChI=1S/C24H31NO3/c1-4-9-18(3)17-28-21-14-12-19(13-15-21)22(16-26)24(27)25-23(5-2)20-10-7-6-8-11-20/h6-8,10-16,18,23,26H,4-5,9,17H2,1-3H3,(H,25,27). The van der Waals surface area contributed by atoms with Gasteiger partial charge in [-0.2, -0.15) is 0 Å². The molecule has 0 saturated heterocycles. The van der Waals surface area contributed by atoms with Crippen molar-refractivity contribution in [3.8, 4) is 5.75 Å². The van der Waals surface area contributed by atoms with Gasteiger partial charge in [-0.05, 0) is 42.0 Å². The summed E-state index contributed by atoms with van der Waals surface area (Å²) in [5.41, 5.74) is 1.93. The number of aliphatic hydroxyl groups excluding tert-OH is 1. The van der Waals surface area contributed by atoms with Crippen LogP contribution in [-0.4, -0.2) is 17.6 Å². The van der Waals surface area contributed by atoms with E-state index in [4.69, 9.17) is 4.74 Å². The minimum absolute atomic E-state index is 0.105. The number of benzene rings is 2. The molecule has 0 bridgehead atoms. The summed E-state index contributed by atoms with van der Waals surface area (Å²) >= 11 is 0. The van der Waals surface area contributed by atoms with Gasteiger partial charge in [-0.15, -0.1) is 0 Å². The first-order chi connectivity index (χ1) is 13.6. The lowest BCUT2D eigenvalue weighted by Gasteiger charge is -2.18. The van der Waals surface area contributed by atoms with E-state index in [1.807, 2.05) is 49.4 Å². The molecule has 2 aromatic carbocycles. The molecule has 0 saturated carbocycles. The average molecular weight is 382 g/mol. The molecular formula is C24H31NO3. The van der Waals surface area contributed by atoms with Crippen LogP contribution in [0.2, 0.25) is 0 Å².